The van der Waals surface area contributed by atoms with Crippen molar-refractivity contribution in [1.82, 2.24) is 9.55 Å². The van der Waals surface area contributed by atoms with Crippen LogP contribution in [0.4, 0.5) is 0 Å². The number of halogens is 2. The van der Waals surface area contributed by atoms with Gasteiger partial charge in [0, 0.05) is 30.4 Å². The van der Waals surface area contributed by atoms with Gasteiger partial charge in [0.2, 0.25) is 0 Å². The minimum Gasteiger partial charge on any atom is -0.323 e. The molecule has 0 spiro atoms. The van der Waals surface area contributed by atoms with E-state index in [4.69, 9.17) is 0 Å². The van der Waals surface area contributed by atoms with Gasteiger partial charge in [-0.15, -0.1) is 0 Å². The van der Waals surface area contributed by atoms with Gasteiger partial charge in [0.15, 0.2) is 0 Å². The molecule has 2 rings (SSSR count). The first kappa shape index (κ1) is 10.6. The Bertz CT molecular complexity index is 471. The van der Waals surface area contributed by atoms with Gasteiger partial charge in [-0.25, -0.2) is 0 Å². The third-order valence-electron chi connectivity index (χ3n) is 1.98. The van der Waals surface area contributed by atoms with E-state index < -0.39 is 0 Å². The molecule has 2 aromatic heterocycles. The van der Waals surface area contributed by atoms with Gasteiger partial charge < -0.3 is 4.57 Å². The maximum Gasteiger partial charge on any atom is 0.0611 e. The Balaban J connectivity index is 2.52. The van der Waals surface area contributed by atoms with E-state index in [0.29, 0.717) is 0 Å². The van der Waals surface area contributed by atoms with E-state index in [0.717, 1.165) is 14.6 Å². The van der Waals surface area contributed by atoms with Crippen LogP contribution < -0.4 is 0 Å². The first-order valence-electron chi connectivity index (χ1n) is 4.37. The monoisotopic (exact) mass is 326 g/mol. The highest BCUT2D eigenvalue weighted by Gasteiger charge is 2.01. The van der Waals surface area contributed by atoms with Crippen LogP contribution in [0.15, 0.2) is 46.4 Å². The second-order valence-electron chi connectivity index (χ2n) is 2.96. The molecule has 15 heavy (non-hydrogen) atoms. The van der Waals surface area contributed by atoms with Crippen LogP contribution in [-0.4, -0.2) is 9.55 Å². The smallest absolute Gasteiger partial charge is 0.0611 e. The van der Waals surface area contributed by atoms with E-state index in [2.05, 4.69) is 41.4 Å². The Kier molecular flexibility index (Phi) is 3.38. The zero-order valence-corrected chi connectivity index (χ0v) is 10.9. The van der Waals surface area contributed by atoms with E-state index in [9.17, 15) is 0 Å². The van der Waals surface area contributed by atoms with Crippen molar-refractivity contribution in [3.8, 4) is 5.69 Å². The summed E-state index contributed by atoms with van der Waals surface area (Å²) in [7, 11) is 0. The Morgan fingerprint density at radius 2 is 2.00 bits per heavy atom. The summed E-state index contributed by atoms with van der Waals surface area (Å²) < 4.78 is 2.95. The van der Waals surface area contributed by atoms with Gasteiger partial charge >= 0.3 is 0 Å². The standard InChI is InChI=1S/C11H8Br2N2/c12-11(13)7-9-8-14-4-3-10(9)15-5-1-2-6-15/h1-8H. The van der Waals surface area contributed by atoms with E-state index in [-0.39, 0.29) is 0 Å². The Morgan fingerprint density at radius 3 is 2.67 bits per heavy atom. The van der Waals surface area contributed by atoms with Crippen LogP contribution in [0.5, 0.6) is 0 Å². The summed E-state index contributed by atoms with van der Waals surface area (Å²) in [5.41, 5.74) is 2.16. The van der Waals surface area contributed by atoms with E-state index >= 15 is 0 Å². The molecule has 0 atom stereocenters. The van der Waals surface area contributed by atoms with Gasteiger partial charge in [-0.3, -0.25) is 4.98 Å². The van der Waals surface area contributed by atoms with Crippen molar-refractivity contribution in [2.24, 2.45) is 0 Å². The lowest BCUT2D eigenvalue weighted by Crippen LogP contribution is -1.93. The predicted octanol–water partition coefficient (Wildman–Crippen LogP) is 3.96. The molecule has 2 aromatic rings. The average molecular weight is 328 g/mol. The number of hydrogen-bond donors (Lipinski definition) is 0. The quantitative estimate of drug-likeness (QED) is 0.816. The SMILES string of the molecule is BrC(Br)=Cc1cnccc1-n1cccc1. The fraction of sp³-hybridized carbons (Fsp3) is 0. The highest BCUT2D eigenvalue weighted by molar-refractivity contribution is 9.28. The van der Waals surface area contributed by atoms with Crippen LogP contribution in [0.1, 0.15) is 5.56 Å². The minimum absolute atomic E-state index is 0.899. The molecule has 0 bridgehead atoms. The highest BCUT2D eigenvalue weighted by atomic mass is 79.9. The molecular weight excluding hydrogens is 320 g/mol. The van der Waals surface area contributed by atoms with Gasteiger partial charge in [-0.2, -0.15) is 0 Å². The van der Waals surface area contributed by atoms with Crippen LogP contribution in [-0.2, 0) is 0 Å². The lowest BCUT2D eigenvalue weighted by molar-refractivity contribution is 1.06. The zero-order valence-electron chi connectivity index (χ0n) is 7.77. The third kappa shape index (κ3) is 2.58. The van der Waals surface area contributed by atoms with Gasteiger partial charge in [0.05, 0.1) is 9.08 Å². The Labute approximate surface area is 105 Å². The topological polar surface area (TPSA) is 17.8 Å². The van der Waals surface area contributed by atoms with Crippen molar-refractivity contribution in [2.45, 2.75) is 0 Å². The van der Waals surface area contributed by atoms with E-state index in [1.165, 1.54) is 0 Å². The van der Waals surface area contributed by atoms with Crippen LogP contribution in [0.25, 0.3) is 11.8 Å². The summed E-state index contributed by atoms with van der Waals surface area (Å²) in [6.07, 6.45) is 9.61. The molecule has 2 nitrogen and oxygen atoms in total. The van der Waals surface area contributed by atoms with Gasteiger partial charge in [-0.1, -0.05) is 0 Å². The van der Waals surface area contributed by atoms with Crippen molar-refractivity contribution >= 4 is 37.9 Å². The molecule has 0 amide bonds. The predicted molar refractivity (Wildman–Crippen MR) is 69.4 cm³/mol. The average Bonchev–Trinajstić information content (AvgIpc) is 2.70. The van der Waals surface area contributed by atoms with Gasteiger partial charge in [-0.05, 0) is 56.1 Å². The first-order valence-corrected chi connectivity index (χ1v) is 5.96. The number of aromatic nitrogens is 2. The Morgan fingerprint density at radius 1 is 1.27 bits per heavy atom. The number of pyridine rings is 1. The van der Waals surface area contributed by atoms with Crippen molar-refractivity contribution < 1.29 is 0 Å². The van der Waals surface area contributed by atoms with Crippen LogP contribution in [0.2, 0.25) is 0 Å². The number of hydrogen-bond acceptors (Lipinski definition) is 1. The molecule has 4 heteroatoms. The lowest BCUT2D eigenvalue weighted by Gasteiger charge is -2.06. The van der Waals surface area contributed by atoms with E-state index in [1.807, 2.05) is 42.9 Å². The van der Waals surface area contributed by atoms with Crippen molar-refractivity contribution in [2.75, 3.05) is 0 Å². The zero-order chi connectivity index (χ0) is 10.7. The molecular formula is C11H8Br2N2. The molecule has 0 N–H and O–H groups in total. The summed E-state index contributed by atoms with van der Waals surface area (Å²) in [6.45, 7) is 0. The largest absolute Gasteiger partial charge is 0.323 e. The van der Waals surface area contributed by atoms with Crippen molar-refractivity contribution in [3.63, 3.8) is 0 Å². The minimum atomic E-state index is 0.899. The molecule has 0 aromatic carbocycles. The van der Waals surface area contributed by atoms with Crippen LogP contribution in [0.3, 0.4) is 0 Å². The molecule has 0 aliphatic heterocycles. The molecule has 76 valence electrons. The molecule has 0 aliphatic rings. The molecule has 2 heterocycles. The summed E-state index contributed by atoms with van der Waals surface area (Å²) in [6, 6.07) is 5.98. The van der Waals surface area contributed by atoms with E-state index in [1.54, 1.807) is 6.20 Å². The highest BCUT2D eigenvalue weighted by Crippen LogP contribution is 2.22. The maximum atomic E-state index is 4.11. The third-order valence-corrected chi connectivity index (χ3v) is 2.43. The molecule has 0 radical (unpaired) electrons. The van der Waals surface area contributed by atoms with Crippen molar-refractivity contribution in [3.05, 3.63) is 51.9 Å². The molecule has 0 aliphatic carbocycles. The number of rotatable bonds is 2. The summed E-state index contributed by atoms with van der Waals surface area (Å²) in [4.78, 5) is 4.11. The molecule has 0 saturated carbocycles. The second kappa shape index (κ2) is 4.77. The normalized spacial score (nSPS) is 10.0. The Hall–Kier alpha value is -0.870. The second-order valence-corrected chi connectivity index (χ2v) is 5.73. The first-order chi connectivity index (χ1) is 7.27. The van der Waals surface area contributed by atoms with Gasteiger partial charge in [0.25, 0.3) is 0 Å². The fourth-order valence-corrected chi connectivity index (χ4v) is 1.85. The molecule has 0 unspecified atom stereocenters. The molecule has 0 fully saturated rings. The summed E-state index contributed by atoms with van der Waals surface area (Å²) >= 11 is 6.70. The van der Waals surface area contributed by atoms with Crippen LogP contribution >= 0.6 is 31.9 Å². The van der Waals surface area contributed by atoms with Crippen molar-refractivity contribution in [1.29, 1.82) is 0 Å². The van der Waals surface area contributed by atoms with Gasteiger partial charge in [0.1, 0.15) is 0 Å². The fourth-order valence-electron chi connectivity index (χ4n) is 1.36. The summed E-state index contributed by atoms with van der Waals surface area (Å²) in [5.74, 6) is 0. The summed E-state index contributed by atoms with van der Waals surface area (Å²) in [5, 5.41) is 0. The molecule has 0 saturated heterocycles. The lowest BCUT2D eigenvalue weighted by atomic mass is 10.2. The number of nitrogens with zero attached hydrogens (tertiary/aromatic N) is 2. The maximum absolute atomic E-state index is 4.11. The van der Waals surface area contributed by atoms with Crippen LogP contribution in [0, 0.1) is 0 Å².